The van der Waals surface area contributed by atoms with Crippen molar-refractivity contribution in [1.29, 1.82) is 0 Å². The molecule has 0 aromatic heterocycles. The number of hydrogen-bond acceptors (Lipinski definition) is 4. The highest BCUT2D eigenvalue weighted by Crippen LogP contribution is 2.33. The number of benzene rings is 1. The van der Waals surface area contributed by atoms with Crippen molar-refractivity contribution in [3.05, 3.63) is 23.8 Å². The highest BCUT2D eigenvalue weighted by molar-refractivity contribution is 7.98. The fraction of sp³-hybridized carbons (Fsp3) is 0.625. The number of thioether (sulfide) groups is 1. The zero-order valence-corrected chi connectivity index (χ0v) is 13.1. The van der Waals surface area contributed by atoms with Crippen molar-refractivity contribution in [2.24, 2.45) is 0 Å². The molecule has 1 N–H and O–H groups in total. The third-order valence-corrected chi connectivity index (χ3v) is 4.07. The molecule has 2 rings (SSSR count). The molecule has 3 nitrogen and oxygen atoms in total. The minimum atomic E-state index is 0.749. The van der Waals surface area contributed by atoms with E-state index in [0.717, 1.165) is 44.2 Å². The maximum atomic E-state index is 5.82. The van der Waals surface area contributed by atoms with Gasteiger partial charge in [-0.25, -0.2) is 0 Å². The molecule has 0 saturated heterocycles. The van der Waals surface area contributed by atoms with Crippen LogP contribution >= 0.6 is 11.8 Å². The summed E-state index contributed by atoms with van der Waals surface area (Å²) in [4.78, 5) is 0. The molecule has 0 atom stereocenters. The predicted molar refractivity (Wildman–Crippen MR) is 86.0 cm³/mol. The van der Waals surface area contributed by atoms with Crippen LogP contribution in [0.5, 0.6) is 11.5 Å². The maximum Gasteiger partial charge on any atom is 0.165 e. The summed E-state index contributed by atoms with van der Waals surface area (Å²) in [6.45, 7) is 3.42. The van der Waals surface area contributed by atoms with Crippen molar-refractivity contribution >= 4 is 11.8 Å². The van der Waals surface area contributed by atoms with Crippen molar-refractivity contribution in [2.75, 3.05) is 31.8 Å². The number of hydrogen-bond donors (Lipinski definition) is 1. The molecule has 0 bridgehead atoms. The Bertz CT molecular complexity index is 398. The first-order valence-electron chi connectivity index (χ1n) is 7.49. The summed E-state index contributed by atoms with van der Waals surface area (Å²) in [6, 6.07) is 6.16. The van der Waals surface area contributed by atoms with Gasteiger partial charge in [0.2, 0.25) is 0 Å². The molecule has 0 unspecified atom stereocenters. The van der Waals surface area contributed by atoms with E-state index in [1.165, 1.54) is 30.6 Å². The Balaban J connectivity index is 1.75. The molecule has 1 heterocycles. The van der Waals surface area contributed by atoms with Crippen molar-refractivity contribution < 1.29 is 9.47 Å². The maximum absolute atomic E-state index is 5.82. The summed E-state index contributed by atoms with van der Waals surface area (Å²) in [5.41, 5.74) is 1.20. The van der Waals surface area contributed by atoms with Gasteiger partial charge in [-0.3, -0.25) is 0 Å². The van der Waals surface area contributed by atoms with Crippen LogP contribution in [0.25, 0.3) is 0 Å². The Hall–Kier alpha value is -0.870. The molecule has 0 spiro atoms. The second-order valence-corrected chi connectivity index (χ2v) is 6.01. The molecule has 1 aromatic carbocycles. The van der Waals surface area contributed by atoms with Gasteiger partial charge in [-0.05, 0) is 37.5 Å². The van der Waals surface area contributed by atoms with Crippen LogP contribution in [0, 0.1) is 0 Å². The minimum Gasteiger partial charge on any atom is -0.490 e. The molecule has 20 heavy (non-hydrogen) atoms. The van der Waals surface area contributed by atoms with Crippen LogP contribution in [0.1, 0.15) is 31.2 Å². The van der Waals surface area contributed by atoms with Gasteiger partial charge in [-0.15, -0.1) is 0 Å². The zero-order chi connectivity index (χ0) is 14.0. The summed E-state index contributed by atoms with van der Waals surface area (Å²) in [5, 5.41) is 3.51. The first-order chi connectivity index (χ1) is 9.92. The zero-order valence-electron chi connectivity index (χ0n) is 12.3. The van der Waals surface area contributed by atoms with E-state index in [1.54, 1.807) is 0 Å². The second kappa shape index (κ2) is 9.14. The van der Waals surface area contributed by atoms with Gasteiger partial charge < -0.3 is 14.8 Å². The number of unbranched alkanes of at least 4 members (excludes halogenated alkanes) is 2. The van der Waals surface area contributed by atoms with Gasteiger partial charge in [0.25, 0.3) is 0 Å². The van der Waals surface area contributed by atoms with E-state index in [1.807, 2.05) is 23.9 Å². The Morgan fingerprint density at radius 1 is 1.15 bits per heavy atom. The molecular formula is C16H25NO2S. The standard InChI is InChI=1S/C16H25NO2S/c1-20-12-4-2-3-9-17-13-14-7-5-8-15-16(14)19-11-6-10-18-15/h5,7-8,17H,2-4,6,9-13H2,1H3. The van der Waals surface area contributed by atoms with E-state index in [9.17, 15) is 0 Å². The van der Waals surface area contributed by atoms with Gasteiger partial charge in [-0.2, -0.15) is 11.8 Å². The fourth-order valence-electron chi connectivity index (χ4n) is 2.29. The van der Waals surface area contributed by atoms with Crippen LogP contribution < -0.4 is 14.8 Å². The fourth-order valence-corrected chi connectivity index (χ4v) is 2.78. The van der Waals surface area contributed by atoms with Gasteiger partial charge in [0, 0.05) is 18.5 Å². The first kappa shape index (κ1) is 15.5. The lowest BCUT2D eigenvalue weighted by Gasteiger charge is -2.13. The van der Waals surface area contributed by atoms with Crippen molar-refractivity contribution in [1.82, 2.24) is 5.32 Å². The molecule has 1 aromatic rings. The van der Waals surface area contributed by atoms with Crippen LogP contribution in [-0.4, -0.2) is 31.8 Å². The Morgan fingerprint density at radius 2 is 2.05 bits per heavy atom. The lowest BCUT2D eigenvalue weighted by Crippen LogP contribution is -2.15. The minimum absolute atomic E-state index is 0.749. The van der Waals surface area contributed by atoms with Crippen LogP contribution in [0.4, 0.5) is 0 Å². The molecule has 0 amide bonds. The number of para-hydroxylation sites is 1. The number of ether oxygens (including phenoxy) is 2. The lowest BCUT2D eigenvalue weighted by atomic mass is 10.1. The number of fused-ring (bicyclic) bond motifs is 1. The molecule has 0 fully saturated rings. The Morgan fingerprint density at radius 3 is 2.95 bits per heavy atom. The predicted octanol–water partition coefficient (Wildman–Crippen LogP) is 3.47. The lowest BCUT2D eigenvalue weighted by molar-refractivity contribution is 0.296. The van der Waals surface area contributed by atoms with Gasteiger partial charge in [0.1, 0.15) is 0 Å². The van der Waals surface area contributed by atoms with Crippen LogP contribution in [0.3, 0.4) is 0 Å². The summed E-state index contributed by atoms with van der Waals surface area (Å²) in [6.07, 6.45) is 6.99. The Labute approximate surface area is 126 Å². The average molecular weight is 295 g/mol. The van der Waals surface area contributed by atoms with Gasteiger partial charge in [0.05, 0.1) is 13.2 Å². The summed E-state index contributed by atoms with van der Waals surface area (Å²) in [7, 11) is 0. The van der Waals surface area contributed by atoms with Crippen molar-refractivity contribution in [3.63, 3.8) is 0 Å². The average Bonchev–Trinajstić information content (AvgIpc) is 2.72. The smallest absolute Gasteiger partial charge is 0.165 e. The monoisotopic (exact) mass is 295 g/mol. The van der Waals surface area contributed by atoms with Crippen molar-refractivity contribution in [3.8, 4) is 11.5 Å². The molecule has 4 heteroatoms. The highest BCUT2D eigenvalue weighted by Gasteiger charge is 2.13. The normalized spacial score (nSPS) is 14.1. The molecule has 112 valence electrons. The molecule has 1 aliphatic rings. The van der Waals surface area contributed by atoms with Gasteiger partial charge in [-0.1, -0.05) is 18.6 Å². The Kier molecular flexibility index (Phi) is 7.09. The van der Waals surface area contributed by atoms with Crippen molar-refractivity contribution in [2.45, 2.75) is 32.2 Å². The topological polar surface area (TPSA) is 30.5 Å². The van der Waals surface area contributed by atoms with E-state index in [-0.39, 0.29) is 0 Å². The van der Waals surface area contributed by atoms with Crippen LogP contribution in [-0.2, 0) is 6.54 Å². The molecule has 1 aliphatic heterocycles. The molecular weight excluding hydrogens is 270 g/mol. The van der Waals surface area contributed by atoms with E-state index in [4.69, 9.17) is 9.47 Å². The summed E-state index contributed by atoms with van der Waals surface area (Å²) >= 11 is 1.93. The quantitative estimate of drug-likeness (QED) is 0.744. The first-order valence-corrected chi connectivity index (χ1v) is 8.88. The molecule has 0 aliphatic carbocycles. The van der Waals surface area contributed by atoms with Crippen LogP contribution in [0.15, 0.2) is 18.2 Å². The number of rotatable bonds is 8. The van der Waals surface area contributed by atoms with Gasteiger partial charge in [0.15, 0.2) is 11.5 Å². The SMILES string of the molecule is CSCCCCCNCc1cccc2c1OCCCO2. The highest BCUT2D eigenvalue weighted by atomic mass is 32.2. The third kappa shape index (κ3) is 4.91. The van der Waals surface area contributed by atoms with E-state index in [0.29, 0.717) is 0 Å². The summed E-state index contributed by atoms with van der Waals surface area (Å²) < 4.78 is 11.5. The van der Waals surface area contributed by atoms with Crippen LogP contribution in [0.2, 0.25) is 0 Å². The second-order valence-electron chi connectivity index (χ2n) is 5.03. The van der Waals surface area contributed by atoms with E-state index < -0.39 is 0 Å². The largest absolute Gasteiger partial charge is 0.490 e. The summed E-state index contributed by atoms with van der Waals surface area (Å²) in [5.74, 6) is 3.10. The third-order valence-electron chi connectivity index (χ3n) is 3.37. The van der Waals surface area contributed by atoms with E-state index >= 15 is 0 Å². The molecule has 0 radical (unpaired) electrons. The van der Waals surface area contributed by atoms with Gasteiger partial charge >= 0.3 is 0 Å². The van der Waals surface area contributed by atoms with E-state index in [2.05, 4.69) is 17.6 Å². The molecule has 0 saturated carbocycles. The number of nitrogens with one attached hydrogen (secondary N) is 1.